The number of piperidine rings is 1. The van der Waals surface area contributed by atoms with E-state index in [0.717, 1.165) is 36.4 Å². The Balaban J connectivity index is 1.43. The maximum Gasteiger partial charge on any atom is 0.242 e. The summed E-state index contributed by atoms with van der Waals surface area (Å²) in [6, 6.07) is 19.9. The molecular formula is C27H32N2O4S3. The van der Waals surface area contributed by atoms with Gasteiger partial charge in [0.1, 0.15) is 0 Å². The number of sulfonamides is 1. The van der Waals surface area contributed by atoms with Crippen molar-refractivity contribution in [3.63, 3.8) is 0 Å². The van der Waals surface area contributed by atoms with Crippen molar-refractivity contribution in [3.8, 4) is 0 Å². The summed E-state index contributed by atoms with van der Waals surface area (Å²) in [5.74, 6) is -0.0915. The third-order valence-electron chi connectivity index (χ3n) is 7.87. The first-order valence-corrected chi connectivity index (χ1v) is 16.2. The summed E-state index contributed by atoms with van der Waals surface area (Å²) < 4.78 is 55.4. The molecule has 0 saturated carbocycles. The molecule has 36 heavy (non-hydrogen) atoms. The first-order chi connectivity index (χ1) is 17.3. The Bertz CT molecular complexity index is 1400. The standard InChI is InChI=1S/C27H32N2O4S3/c1-29(36(32,33)22-8-3-2-4-9-22)20-21(24-11-7-19-34-24)13-14-26-27(15-17-28-18-16-27)23-10-5-6-12-25(23)35(26,30)31/h2-12,19,21,26,28H,13-18,20H2,1H3/t21-,26+/m1/s1. The molecule has 3 heterocycles. The molecular weight excluding hydrogens is 513 g/mol. The van der Waals surface area contributed by atoms with Crippen LogP contribution in [0.5, 0.6) is 0 Å². The van der Waals surface area contributed by atoms with E-state index in [9.17, 15) is 16.8 Å². The van der Waals surface area contributed by atoms with E-state index >= 15 is 0 Å². The van der Waals surface area contributed by atoms with E-state index in [1.54, 1.807) is 54.8 Å². The molecule has 1 N–H and O–H groups in total. The van der Waals surface area contributed by atoms with Crippen molar-refractivity contribution in [2.45, 2.75) is 52.1 Å². The zero-order chi connectivity index (χ0) is 25.4. The Morgan fingerprint density at radius 1 is 1.03 bits per heavy atom. The van der Waals surface area contributed by atoms with Crippen molar-refractivity contribution in [2.24, 2.45) is 0 Å². The molecule has 1 fully saturated rings. The van der Waals surface area contributed by atoms with Crippen molar-refractivity contribution in [1.82, 2.24) is 9.62 Å². The fourth-order valence-electron chi connectivity index (χ4n) is 6.03. The molecule has 6 nitrogen and oxygen atoms in total. The second kappa shape index (κ2) is 10.0. The molecule has 0 bridgehead atoms. The van der Waals surface area contributed by atoms with Crippen molar-refractivity contribution in [1.29, 1.82) is 0 Å². The maximum absolute atomic E-state index is 13.8. The SMILES string of the molecule is CN(C[C@@H](CC[C@H]1C2(CCNCC2)c2ccccc2S1(=O)=O)c1cccs1)S(=O)(=O)c1ccccc1. The lowest BCUT2D eigenvalue weighted by Crippen LogP contribution is -2.47. The highest BCUT2D eigenvalue weighted by Crippen LogP contribution is 2.52. The average Bonchev–Trinajstić information content (AvgIpc) is 3.49. The smallest absolute Gasteiger partial charge is 0.242 e. The minimum absolute atomic E-state index is 0.0915. The van der Waals surface area contributed by atoms with Gasteiger partial charge in [0.25, 0.3) is 0 Å². The van der Waals surface area contributed by atoms with Crippen LogP contribution < -0.4 is 5.32 Å². The zero-order valence-corrected chi connectivity index (χ0v) is 22.8. The topological polar surface area (TPSA) is 83.6 Å². The van der Waals surface area contributed by atoms with E-state index in [0.29, 0.717) is 24.3 Å². The third kappa shape index (κ3) is 4.45. The van der Waals surface area contributed by atoms with E-state index < -0.39 is 25.1 Å². The van der Waals surface area contributed by atoms with E-state index in [4.69, 9.17) is 0 Å². The first kappa shape index (κ1) is 25.6. The summed E-state index contributed by atoms with van der Waals surface area (Å²) in [5.41, 5.74) is 0.579. The number of thiophene rings is 1. The van der Waals surface area contributed by atoms with Crippen LogP contribution in [0, 0.1) is 0 Å². The summed E-state index contributed by atoms with van der Waals surface area (Å²) in [7, 11) is -5.51. The number of sulfone groups is 1. The van der Waals surface area contributed by atoms with Gasteiger partial charge < -0.3 is 5.32 Å². The van der Waals surface area contributed by atoms with Crippen LogP contribution in [0.15, 0.2) is 81.9 Å². The molecule has 3 aromatic rings. The highest BCUT2D eigenvalue weighted by Gasteiger charge is 2.55. The Kier molecular flexibility index (Phi) is 7.13. The van der Waals surface area contributed by atoms with Crippen LogP contribution in [-0.4, -0.2) is 53.1 Å². The predicted molar refractivity (Wildman–Crippen MR) is 144 cm³/mol. The molecule has 0 radical (unpaired) electrons. The molecule has 9 heteroatoms. The van der Waals surface area contributed by atoms with E-state index in [1.807, 2.05) is 35.7 Å². The van der Waals surface area contributed by atoms with Gasteiger partial charge in [0.15, 0.2) is 9.84 Å². The van der Waals surface area contributed by atoms with Gasteiger partial charge >= 0.3 is 0 Å². The quantitative estimate of drug-likeness (QED) is 0.454. The molecule has 5 rings (SSSR count). The number of fused-ring (bicyclic) bond motifs is 2. The Morgan fingerprint density at radius 3 is 2.42 bits per heavy atom. The van der Waals surface area contributed by atoms with Gasteiger partial charge in [-0.1, -0.05) is 42.5 Å². The van der Waals surface area contributed by atoms with Crippen molar-refractivity contribution >= 4 is 31.2 Å². The largest absolute Gasteiger partial charge is 0.317 e. The highest BCUT2D eigenvalue weighted by molar-refractivity contribution is 7.92. The van der Waals surface area contributed by atoms with Gasteiger partial charge in [-0.05, 0) is 74.0 Å². The van der Waals surface area contributed by atoms with E-state index in [-0.39, 0.29) is 16.2 Å². The first-order valence-electron chi connectivity index (χ1n) is 12.4. The van der Waals surface area contributed by atoms with Gasteiger partial charge in [0.05, 0.1) is 15.0 Å². The third-order valence-corrected chi connectivity index (χ3v) is 13.1. The Morgan fingerprint density at radius 2 is 1.72 bits per heavy atom. The van der Waals surface area contributed by atoms with Crippen LogP contribution in [0.4, 0.5) is 0 Å². The van der Waals surface area contributed by atoms with Gasteiger partial charge in [-0.25, -0.2) is 21.1 Å². The second-order valence-corrected chi connectivity index (χ2v) is 14.9. The number of nitrogens with one attached hydrogen (secondary N) is 1. The molecule has 2 aliphatic heterocycles. The minimum Gasteiger partial charge on any atom is -0.317 e. The summed E-state index contributed by atoms with van der Waals surface area (Å²) >= 11 is 1.60. The fourth-order valence-corrected chi connectivity index (χ4v) is 10.7. The maximum atomic E-state index is 13.8. The molecule has 1 spiro atoms. The number of hydrogen-bond acceptors (Lipinski definition) is 6. The fraction of sp³-hybridized carbons (Fsp3) is 0.407. The lowest BCUT2D eigenvalue weighted by Gasteiger charge is -2.39. The van der Waals surface area contributed by atoms with Gasteiger partial charge in [-0.2, -0.15) is 0 Å². The van der Waals surface area contributed by atoms with Gasteiger partial charge in [0.2, 0.25) is 10.0 Å². The number of rotatable bonds is 8. The summed E-state index contributed by atoms with van der Waals surface area (Å²) in [6.45, 7) is 1.89. The summed E-state index contributed by atoms with van der Waals surface area (Å²) in [4.78, 5) is 1.82. The molecule has 192 valence electrons. The molecule has 2 aliphatic rings. The van der Waals surface area contributed by atoms with E-state index in [2.05, 4.69) is 5.32 Å². The monoisotopic (exact) mass is 544 g/mol. The zero-order valence-electron chi connectivity index (χ0n) is 20.3. The Labute approximate surface area is 218 Å². The number of benzene rings is 2. The second-order valence-electron chi connectivity index (χ2n) is 9.82. The van der Waals surface area contributed by atoms with Crippen LogP contribution in [0.25, 0.3) is 0 Å². The molecule has 0 aliphatic carbocycles. The van der Waals surface area contributed by atoms with Crippen LogP contribution in [0.1, 0.15) is 42.0 Å². The lowest BCUT2D eigenvalue weighted by atomic mass is 9.69. The van der Waals surface area contributed by atoms with Crippen LogP contribution in [0.2, 0.25) is 0 Å². The number of hydrogen-bond donors (Lipinski definition) is 1. The molecule has 2 atom stereocenters. The van der Waals surface area contributed by atoms with Crippen molar-refractivity contribution < 1.29 is 16.8 Å². The summed E-state index contributed by atoms with van der Waals surface area (Å²) in [5, 5.41) is 4.89. The van der Waals surface area contributed by atoms with Crippen LogP contribution >= 0.6 is 11.3 Å². The molecule has 1 aromatic heterocycles. The van der Waals surface area contributed by atoms with Crippen LogP contribution in [0.3, 0.4) is 0 Å². The highest BCUT2D eigenvalue weighted by atomic mass is 32.2. The predicted octanol–water partition coefficient (Wildman–Crippen LogP) is 4.41. The number of likely N-dealkylation sites (N-methyl/N-ethyl adjacent to an activating group) is 1. The lowest BCUT2D eigenvalue weighted by molar-refractivity contribution is 0.282. The summed E-state index contributed by atoms with van der Waals surface area (Å²) in [6.07, 6.45) is 2.68. The molecule has 1 saturated heterocycles. The van der Waals surface area contributed by atoms with Gasteiger partial charge in [-0.3, -0.25) is 0 Å². The van der Waals surface area contributed by atoms with Crippen molar-refractivity contribution in [2.75, 3.05) is 26.7 Å². The normalized spacial score (nSPS) is 21.4. The Hall–Kier alpha value is -2.04. The van der Waals surface area contributed by atoms with E-state index in [1.165, 1.54) is 4.31 Å². The molecule has 2 aromatic carbocycles. The average molecular weight is 545 g/mol. The van der Waals surface area contributed by atoms with Crippen LogP contribution in [-0.2, 0) is 25.3 Å². The molecule has 0 unspecified atom stereocenters. The number of nitrogens with zero attached hydrogens (tertiary/aromatic N) is 1. The van der Waals surface area contributed by atoms with Gasteiger partial charge in [0, 0.05) is 29.8 Å². The minimum atomic E-state index is -3.64. The van der Waals surface area contributed by atoms with Gasteiger partial charge in [-0.15, -0.1) is 11.3 Å². The van der Waals surface area contributed by atoms with Crippen molar-refractivity contribution in [3.05, 3.63) is 82.6 Å². The molecule has 0 amide bonds.